The molecule has 24 heavy (non-hydrogen) atoms. The lowest BCUT2D eigenvalue weighted by atomic mass is 10.0. The third kappa shape index (κ3) is 3.46. The molecule has 2 aromatic carbocycles. The summed E-state index contributed by atoms with van der Waals surface area (Å²) in [6.07, 6.45) is 0.694. The average Bonchev–Trinajstić information content (AvgIpc) is 3.05. The zero-order valence-electron chi connectivity index (χ0n) is 13.3. The fourth-order valence-corrected chi connectivity index (χ4v) is 2.66. The first kappa shape index (κ1) is 15.8. The number of hydrogen-bond donors (Lipinski definition) is 2. The van der Waals surface area contributed by atoms with Crippen LogP contribution in [0, 0.1) is 0 Å². The normalized spacial score (nSPS) is 12.0. The summed E-state index contributed by atoms with van der Waals surface area (Å²) < 4.78 is 5.13. The fourth-order valence-electron chi connectivity index (χ4n) is 2.66. The molecule has 1 atom stereocenters. The number of carbonyl (C=O) groups is 2. The third-order valence-corrected chi connectivity index (χ3v) is 3.81. The number of hydrogen-bond acceptors (Lipinski definition) is 3. The van der Waals surface area contributed by atoms with Crippen molar-refractivity contribution in [2.45, 2.75) is 19.4 Å². The van der Waals surface area contributed by atoms with Gasteiger partial charge in [0.25, 0.3) is 11.8 Å². The molecule has 0 fully saturated rings. The molecule has 3 N–H and O–H groups in total. The highest BCUT2D eigenvalue weighted by molar-refractivity contribution is 5.95. The van der Waals surface area contributed by atoms with Gasteiger partial charge in [-0.3, -0.25) is 9.59 Å². The van der Waals surface area contributed by atoms with Crippen LogP contribution in [0.4, 0.5) is 0 Å². The molecular formula is C19H18N2O3. The second-order valence-electron chi connectivity index (χ2n) is 5.79. The molecule has 0 bridgehead atoms. The largest absolute Gasteiger partial charge is 0.446 e. The van der Waals surface area contributed by atoms with Crippen LogP contribution in [-0.4, -0.2) is 17.9 Å². The van der Waals surface area contributed by atoms with Crippen molar-refractivity contribution in [3.63, 3.8) is 0 Å². The molecule has 122 valence electrons. The van der Waals surface area contributed by atoms with Gasteiger partial charge in [0.2, 0.25) is 0 Å². The lowest BCUT2D eigenvalue weighted by molar-refractivity contribution is 0.0904. The first-order valence-corrected chi connectivity index (χ1v) is 7.71. The van der Waals surface area contributed by atoms with E-state index in [1.807, 2.05) is 19.1 Å². The van der Waals surface area contributed by atoms with Gasteiger partial charge in [-0.25, -0.2) is 0 Å². The third-order valence-electron chi connectivity index (χ3n) is 3.81. The number of furan rings is 1. The minimum Gasteiger partial charge on any atom is -0.446 e. The summed E-state index contributed by atoms with van der Waals surface area (Å²) in [5.41, 5.74) is 6.25. The van der Waals surface area contributed by atoms with Crippen LogP contribution in [-0.2, 0) is 6.42 Å². The molecule has 0 spiro atoms. The van der Waals surface area contributed by atoms with E-state index in [4.69, 9.17) is 10.2 Å². The van der Waals surface area contributed by atoms with Crippen molar-refractivity contribution in [1.82, 2.24) is 5.32 Å². The number of rotatable bonds is 5. The number of carbonyl (C=O) groups excluding carboxylic acids is 2. The summed E-state index contributed by atoms with van der Waals surface area (Å²) in [5, 5.41) is 5.22. The van der Waals surface area contributed by atoms with E-state index in [1.165, 1.54) is 22.9 Å². The zero-order chi connectivity index (χ0) is 17.1. The van der Waals surface area contributed by atoms with Crippen molar-refractivity contribution in [3.8, 4) is 0 Å². The number of nitrogens with one attached hydrogen (secondary N) is 1. The average molecular weight is 322 g/mol. The summed E-state index contributed by atoms with van der Waals surface area (Å²) in [5.74, 6) is -1.01. The van der Waals surface area contributed by atoms with Crippen molar-refractivity contribution >= 4 is 22.6 Å². The Bertz CT molecular complexity index is 898. The molecule has 1 unspecified atom stereocenters. The van der Waals surface area contributed by atoms with Crippen LogP contribution < -0.4 is 11.1 Å². The maximum Gasteiger partial charge on any atom is 0.287 e. The molecule has 3 rings (SSSR count). The SMILES string of the molecule is CC(Cc1ccc2ccccc2c1)NC(=O)c1ccc(C(N)=O)o1. The van der Waals surface area contributed by atoms with Gasteiger partial charge in [-0.2, -0.15) is 0 Å². The second kappa shape index (κ2) is 6.58. The van der Waals surface area contributed by atoms with Crippen molar-refractivity contribution < 1.29 is 14.0 Å². The Morgan fingerprint density at radius 3 is 2.46 bits per heavy atom. The van der Waals surface area contributed by atoms with Crippen molar-refractivity contribution in [3.05, 3.63) is 71.7 Å². The lowest BCUT2D eigenvalue weighted by Crippen LogP contribution is -2.33. The predicted molar refractivity (Wildman–Crippen MR) is 91.8 cm³/mol. The van der Waals surface area contributed by atoms with Crippen molar-refractivity contribution in [2.75, 3.05) is 0 Å². The zero-order valence-corrected chi connectivity index (χ0v) is 13.3. The van der Waals surface area contributed by atoms with Crippen LogP contribution in [0.1, 0.15) is 33.6 Å². The van der Waals surface area contributed by atoms with Gasteiger partial charge < -0.3 is 15.5 Å². The second-order valence-corrected chi connectivity index (χ2v) is 5.79. The molecule has 1 aromatic heterocycles. The number of primary amides is 1. The predicted octanol–water partition coefficient (Wildman–Crippen LogP) is 2.89. The Morgan fingerprint density at radius 2 is 1.75 bits per heavy atom. The maximum atomic E-state index is 12.1. The van der Waals surface area contributed by atoms with E-state index in [-0.39, 0.29) is 23.5 Å². The Balaban J connectivity index is 1.66. The van der Waals surface area contributed by atoms with E-state index in [9.17, 15) is 9.59 Å². The van der Waals surface area contributed by atoms with Crippen LogP contribution in [0.15, 0.2) is 59.0 Å². The van der Waals surface area contributed by atoms with Crippen LogP contribution in [0.5, 0.6) is 0 Å². The quantitative estimate of drug-likeness (QED) is 0.757. The number of benzene rings is 2. The number of nitrogens with two attached hydrogens (primary N) is 1. The summed E-state index contributed by atoms with van der Waals surface area (Å²) in [6.45, 7) is 1.92. The van der Waals surface area contributed by atoms with Gasteiger partial charge in [-0.15, -0.1) is 0 Å². The molecule has 5 nitrogen and oxygen atoms in total. The molecule has 2 amide bonds. The van der Waals surface area contributed by atoms with Gasteiger partial charge in [0.1, 0.15) is 0 Å². The van der Waals surface area contributed by atoms with E-state index in [1.54, 1.807) is 0 Å². The lowest BCUT2D eigenvalue weighted by Gasteiger charge is -2.13. The molecule has 1 heterocycles. The molecule has 0 aliphatic carbocycles. The summed E-state index contributed by atoms with van der Waals surface area (Å²) in [6, 6.07) is 17.2. The summed E-state index contributed by atoms with van der Waals surface area (Å²) in [7, 11) is 0. The maximum absolute atomic E-state index is 12.1. The monoisotopic (exact) mass is 322 g/mol. The van der Waals surface area contributed by atoms with Crippen molar-refractivity contribution in [1.29, 1.82) is 0 Å². The number of amides is 2. The minimum absolute atomic E-state index is 0.0256. The van der Waals surface area contributed by atoms with Crippen LogP contribution >= 0.6 is 0 Å². The minimum atomic E-state index is -0.696. The fraction of sp³-hybridized carbons (Fsp3) is 0.158. The highest BCUT2D eigenvalue weighted by Crippen LogP contribution is 2.17. The van der Waals surface area contributed by atoms with E-state index in [2.05, 4.69) is 35.6 Å². The summed E-state index contributed by atoms with van der Waals surface area (Å²) in [4.78, 5) is 23.1. The standard InChI is InChI=1S/C19H18N2O3/c1-12(21-19(23)17-9-8-16(24-17)18(20)22)10-13-6-7-14-4-2-3-5-15(14)11-13/h2-9,11-12H,10H2,1H3,(H2,20,22)(H,21,23). The van der Waals surface area contributed by atoms with Gasteiger partial charge in [-0.05, 0) is 41.8 Å². The molecule has 3 aromatic rings. The number of fused-ring (bicyclic) bond motifs is 1. The Labute approximate surface area is 139 Å². The molecule has 0 aliphatic rings. The van der Waals surface area contributed by atoms with E-state index in [0.29, 0.717) is 6.42 Å². The molecule has 0 aliphatic heterocycles. The molecule has 0 saturated heterocycles. The van der Waals surface area contributed by atoms with E-state index >= 15 is 0 Å². The van der Waals surface area contributed by atoms with Gasteiger partial charge in [0.05, 0.1) is 0 Å². The van der Waals surface area contributed by atoms with Crippen LogP contribution in [0.25, 0.3) is 10.8 Å². The Hall–Kier alpha value is -3.08. The van der Waals surface area contributed by atoms with Gasteiger partial charge in [0, 0.05) is 6.04 Å². The van der Waals surface area contributed by atoms with Crippen molar-refractivity contribution in [2.24, 2.45) is 5.73 Å². The van der Waals surface area contributed by atoms with E-state index in [0.717, 1.165) is 5.56 Å². The first-order chi connectivity index (χ1) is 11.5. The molecular weight excluding hydrogens is 304 g/mol. The first-order valence-electron chi connectivity index (χ1n) is 7.71. The molecule has 0 radical (unpaired) electrons. The topological polar surface area (TPSA) is 85.3 Å². The Kier molecular flexibility index (Phi) is 4.33. The van der Waals surface area contributed by atoms with E-state index < -0.39 is 5.91 Å². The van der Waals surface area contributed by atoms with Gasteiger partial charge in [-0.1, -0.05) is 42.5 Å². The smallest absolute Gasteiger partial charge is 0.287 e. The van der Waals surface area contributed by atoms with Gasteiger partial charge >= 0.3 is 0 Å². The van der Waals surface area contributed by atoms with Crippen LogP contribution in [0.2, 0.25) is 0 Å². The highest BCUT2D eigenvalue weighted by Gasteiger charge is 2.16. The summed E-state index contributed by atoms with van der Waals surface area (Å²) >= 11 is 0. The highest BCUT2D eigenvalue weighted by atomic mass is 16.4. The Morgan fingerprint density at radius 1 is 1.04 bits per heavy atom. The molecule has 0 saturated carbocycles. The van der Waals surface area contributed by atoms with Gasteiger partial charge in [0.15, 0.2) is 11.5 Å². The molecule has 5 heteroatoms. The van der Waals surface area contributed by atoms with Crippen LogP contribution in [0.3, 0.4) is 0 Å².